The molecule has 0 bridgehead atoms. The molecule has 0 saturated heterocycles. The molecule has 0 fully saturated rings. The van der Waals surface area contributed by atoms with Crippen LogP contribution in [0.15, 0.2) is 12.1 Å². The number of ether oxygens (including phenoxy) is 1. The second-order valence-corrected chi connectivity index (χ2v) is 5.12. The Hall–Kier alpha value is -0.480. The maximum absolute atomic E-state index is 6.23. The molecule has 110 valence electrons. The molecule has 0 saturated carbocycles. The maximum Gasteiger partial charge on any atom is 0.141 e. The van der Waals surface area contributed by atoms with E-state index >= 15 is 0 Å². The molecule has 19 heavy (non-hydrogen) atoms. The van der Waals surface area contributed by atoms with Crippen LogP contribution < -0.4 is 10.1 Å². The first-order valence-corrected chi connectivity index (χ1v) is 6.64. The Morgan fingerprint density at radius 2 is 1.79 bits per heavy atom. The van der Waals surface area contributed by atoms with Gasteiger partial charge < -0.3 is 15.0 Å². The van der Waals surface area contributed by atoms with Gasteiger partial charge in [0.05, 0.1) is 5.02 Å². The van der Waals surface area contributed by atoms with Gasteiger partial charge in [0, 0.05) is 19.6 Å². The Morgan fingerprint density at radius 3 is 2.42 bits per heavy atom. The van der Waals surface area contributed by atoms with Gasteiger partial charge in [0.2, 0.25) is 0 Å². The number of rotatable bonds is 7. The highest BCUT2D eigenvalue weighted by molar-refractivity contribution is 6.32. The van der Waals surface area contributed by atoms with E-state index < -0.39 is 0 Å². The topological polar surface area (TPSA) is 24.5 Å². The molecule has 0 unspecified atom stereocenters. The van der Waals surface area contributed by atoms with Crippen LogP contribution >= 0.6 is 24.0 Å². The molecule has 0 aliphatic carbocycles. The third-order valence-corrected chi connectivity index (χ3v) is 3.22. The third kappa shape index (κ3) is 6.48. The second-order valence-electron chi connectivity index (χ2n) is 4.74. The zero-order chi connectivity index (χ0) is 13.5. The van der Waals surface area contributed by atoms with Crippen molar-refractivity contribution in [2.45, 2.75) is 13.8 Å². The van der Waals surface area contributed by atoms with Crippen molar-refractivity contribution >= 4 is 24.0 Å². The van der Waals surface area contributed by atoms with Crippen molar-refractivity contribution in [1.82, 2.24) is 10.2 Å². The summed E-state index contributed by atoms with van der Waals surface area (Å²) in [6, 6.07) is 4.05. The molecule has 5 heteroatoms. The number of likely N-dealkylation sites (N-methyl/N-ethyl adjacent to an activating group) is 1. The van der Waals surface area contributed by atoms with Gasteiger partial charge in [0.25, 0.3) is 0 Å². The van der Waals surface area contributed by atoms with Crippen LogP contribution in [0, 0.1) is 13.8 Å². The van der Waals surface area contributed by atoms with Gasteiger partial charge in [0.1, 0.15) is 12.4 Å². The summed E-state index contributed by atoms with van der Waals surface area (Å²) >= 11 is 6.23. The predicted molar refractivity (Wildman–Crippen MR) is 85.1 cm³/mol. The molecule has 1 rings (SSSR count). The molecule has 0 heterocycles. The van der Waals surface area contributed by atoms with Crippen LogP contribution in [0.2, 0.25) is 5.02 Å². The number of nitrogens with zero attached hydrogens (tertiary/aromatic N) is 1. The zero-order valence-corrected chi connectivity index (χ0v) is 13.7. The normalized spacial score (nSPS) is 10.4. The van der Waals surface area contributed by atoms with Gasteiger partial charge in [-0.05, 0) is 39.1 Å². The molecule has 0 atom stereocenters. The molecule has 0 amide bonds. The van der Waals surface area contributed by atoms with E-state index in [9.17, 15) is 0 Å². The van der Waals surface area contributed by atoms with E-state index in [1.807, 2.05) is 26.0 Å². The predicted octanol–water partition coefficient (Wildman–Crippen LogP) is 2.91. The van der Waals surface area contributed by atoms with Crippen LogP contribution in [0.1, 0.15) is 11.1 Å². The minimum atomic E-state index is 0. The smallest absolute Gasteiger partial charge is 0.141 e. The van der Waals surface area contributed by atoms with Gasteiger partial charge in [0.15, 0.2) is 0 Å². The van der Waals surface area contributed by atoms with Crippen LogP contribution in [0.4, 0.5) is 0 Å². The quantitative estimate of drug-likeness (QED) is 0.784. The minimum absolute atomic E-state index is 0. The first kappa shape index (κ1) is 18.5. The Morgan fingerprint density at radius 1 is 1.16 bits per heavy atom. The summed E-state index contributed by atoms with van der Waals surface area (Å²) in [6.07, 6.45) is 0. The Kier molecular flexibility index (Phi) is 9.19. The zero-order valence-electron chi connectivity index (χ0n) is 12.1. The second kappa shape index (κ2) is 9.43. The molecule has 1 aromatic rings. The molecule has 1 aromatic carbocycles. The number of benzene rings is 1. The maximum atomic E-state index is 6.23. The lowest BCUT2D eigenvalue weighted by molar-refractivity contribution is 0.306. The van der Waals surface area contributed by atoms with Crippen LogP contribution in [-0.2, 0) is 0 Å². The summed E-state index contributed by atoms with van der Waals surface area (Å²) in [7, 11) is 4.13. The molecule has 0 spiro atoms. The molecule has 0 aromatic heterocycles. The summed E-state index contributed by atoms with van der Waals surface area (Å²) in [6.45, 7) is 7.47. The van der Waals surface area contributed by atoms with Crippen molar-refractivity contribution in [3.05, 3.63) is 28.3 Å². The monoisotopic (exact) mass is 306 g/mol. The van der Waals surface area contributed by atoms with E-state index in [0.717, 1.165) is 41.5 Å². The standard InChI is InChI=1S/C14H23ClN2O.ClH/c1-11-5-6-12(2)14(13(11)15)18-10-8-16-7-9-17(3)4;/h5-6,16H,7-10H2,1-4H3;1H. The highest BCUT2D eigenvalue weighted by Gasteiger charge is 2.07. The van der Waals surface area contributed by atoms with Gasteiger partial charge in [-0.1, -0.05) is 23.7 Å². The first-order valence-electron chi connectivity index (χ1n) is 6.26. The lowest BCUT2D eigenvalue weighted by atomic mass is 10.1. The third-order valence-electron chi connectivity index (χ3n) is 2.75. The molecule has 1 N–H and O–H groups in total. The Labute approximate surface area is 127 Å². The minimum Gasteiger partial charge on any atom is -0.490 e. The Balaban J connectivity index is 0.00000324. The number of aryl methyl sites for hydroxylation is 2. The van der Waals surface area contributed by atoms with E-state index in [1.165, 1.54) is 0 Å². The fourth-order valence-electron chi connectivity index (χ4n) is 1.58. The SMILES string of the molecule is Cc1ccc(C)c(OCCNCCN(C)C)c1Cl.Cl. The van der Waals surface area contributed by atoms with Gasteiger partial charge >= 0.3 is 0 Å². The van der Waals surface area contributed by atoms with E-state index in [1.54, 1.807) is 0 Å². The van der Waals surface area contributed by atoms with Crippen LogP contribution in [0.25, 0.3) is 0 Å². The number of nitrogens with one attached hydrogen (secondary N) is 1. The molecule has 0 aliphatic heterocycles. The molecular formula is C14H24Cl2N2O. The highest BCUT2D eigenvalue weighted by atomic mass is 35.5. The largest absolute Gasteiger partial charge is 0.490 e. The van der Waals surface area contributed by atoms with Gasteiger partial charge in [-0.15, -0.1) is 12.4 Å². The van der Waals surface area contributed by atoms with Crippen molar-refractivity contribution in [2.75, 3.05) is 40.3 Å². The number of halogens is 2. The highest BCUT2D eigenvalue weighted by Crippen LogP contribution is 2.31. The van der Waals surface area contributed by atoms with Gasteiger partial charge in [-0.25, -0.2) is 0 Å². The van der Waals surface area contributed by atoms with Crippen LogP contribution in [0.5, 0.6) is 5.75 Å². The van der Waals surface area contributed by atoms with Gasteiger partial charge in [-0.2, -0.15) is 0 Å². The molecule has 0 radical (unpaired) electrons. The van der Waals surface area contributed by atoms with E-state index in [0.29, 0.717) is 6.61 Å². The lowest BCUT2D eigenvalue weighted by Gasteiger charge is -2.14. The molecular weight excluding hydrogens is 283 g/mol. The summed E-state index contributed by atoms with van der Waals surface area (Å²) in [5, 5.41) is 4.06. The fourth-order valence-corrected chi connectivity index (χ4v) is 1.85. The summed E-state index contributed by atoms with van der Waals surface area (Å²) in [5.41, 5.74) is 2.14. The summed E-state index contributed by atoms with van der Waals surface area (Å²) in [4.78, 5) is 2.15. The van der Waals surface area contributed by atoms with E-state index in [4.69, 9.17) is 16.3 Å². The summed E-state index contributed by atoms with van der Waals surface area (Å²) in [5.74, 6) is 0.811. The van der Waals surface area contributed by atoms with Crippen molar-refractivity contribution < 1.29 is 4.74 Å². The molecule has 3 nitrogen and oxygen atoms in total. The van der Waals surface area contributed by atoms with Crippen molar-refractivity contribution in [1.29, 1.82) is 0 Å². The van der Waals surface area contributed by atoms with Crippen molar-refractivity contribution in [3.8, 4) is 5.75 Å². The number of hydrogen-bond acceptors (Lipinski definition) is 3. The molecule has 0 aliphatic rings. The fraction of sp³-hybridized carbons (Fsp3) is 0.571. The first-order chi connectivity index (χ1) is 8.52. The Bertz CT molecular complexity index is 384. The summed E-state index contributed by atoms with van der Waals surface area (Å²) < 4.78 is 5.75. The van der Waals surface area contributed by atoms with Gasteiger partial charge in [-0.3, -0.25) is 0 Å². The average molecular weight is 307 g/mol. The van der Waals surface area contributed by atoms with Crippen LogP contribution in [0.3, 0.4) is 0 Å². The van der Waals surface area contributed by atoms with Crippen LogP contribution in [-0.4, -0.2) is 45.2 Å². The van der Waals surface area contributed by atoms with E-state index in [2.05, 4.69) is 24.3 Å². The van der Waals surface area contributed by atoms with E-state index in [-0.39, 0.29) is 12.4 Å². The average Bonchev–Trinajstić information content (AvgIpc) is 2.32. The number of hydrogen-bond donors (Lipinski definition) is 1. The van der Waals surface area contributed by atoms with Crippen molar-refractivity contribution in [2.24, 2.45) is 0 Å². The van der Waals surface area contributed by atoms with Crippen molar-refractivity contribution in [3.63, 3.8) is 0 Å². The lowest BCUT2D eigenvalue weighted by Crippen LogP contribution is -2.29.